The van der Waals surface area contributed by atoms with E-state index in [-0.39, 0.29) is 24.9 Å². The molecule has 2 aromatic rings. The van der Waals surface area contributed by atoms with Gasteiger partial charge in [-0.1, -0.05) is 36.4 Å². The topological polar surface area (TPSA) is 57.2 Å². The molecule has 1 saturated heterocycles. The molecule has 6 heteroatoms. The number of carbonyl (C=O) groups excluding carboxylic acids is 1. The quantitative estimate of drug-likeness (QED) is 0.688. The summed E-state index contributed by atoms with van der Waals surface area (Å²) in [5.74, 6) is 1.47. The molecule has 1 unspecified atom stereocenters. The van der Waals surface area contributed by atoms with Crippen molar-refractivity contribution in [1.29, 1.82) is 0 Å². The van der Waals surface area contributed by atoms with Gasteiger partial charge in [0.15, 0.2) is 11.5 Å². The van der Waals surface area contributed by atoms with Crippen LogP contribution in [0.4, 0.5) is 4.79 Å². The van der Waals surface area contributed by atoms with E-state index >= 15 is 0 Å². The van der Waals surface area contributed by atoms with Crippen molar-refractivity contribution < 1.29 is 23.7 Å². The highest BCUT2D eigenvalue weighted by Crippen LogP contribution is 2.35. The van der Waals surface area contributed by atoms with Crippen LogP contribution in [0.15, 0.2) is 48.5 Å². The lowest BCUT2D eigenvalue weighted by Gasteiger charge is -2.32. The number of ether oxygens (including phenoxy) is 4. The monoisotopic (exact) mass is 411 g/mol. The van der Waals surface area contributed by atoms with E-state index in [2.05, 4.69) is 0 Å². The molecule has 2 fully saturated rings. The largest absolute Gasteiger partial charge is 0.493 e. The van der Waals surface area contributed by atoms with Gasteiger partial charge in [-0.15, -0.1) is 0 Å². The van der Waals surface area contributed by atoms with Crippen LogP contribution in [-0.2, 0) is 16.1 Å². The van der Waals surface area contributed by atoms with Gasteiger partial charge in [-0.25, -0.2) is 4.79 Å². The fourth-order valence-corrected chi connectivity index (χ4v) is 4.00. The first kappa shape index (κ1) is 20.5. The zero-order chi connectivity index (χ0) is 20.8. The lowest BCUT2D eigenvalue weighted by Crippen LogP contribution is -2.42. The van der Waals surface area contributed by atoms with Gasteiger partial charge in [0, 0.05) is 6.54 Å². The predicted octanol–water partition coefficient (Wildman–Crippen LogP) is 4.73. The smallest absolute Gasteiger partial charge is 0.410 e. The second-order valence-electron chi connectivity index (χ2n) is 7.78. The van der Waals surface area contributed by atoms with E-state index in [1.54, 1.807) is 12.0 Å². The third kappa shape index (κ3) is 5.05. The number of methoxy groups -OCH3 is 1. The number of hydrogen-bond acceptors (Lipinski definition) is 5. The molecule has 1 heterocycles. The molecule has 0 bridgehead atoms. The number of morpholine rings is 1. The maximum atomic E-state index is 12.5. The minimum Gasteiger partial charge on any atom is -0.493 e. The van der Waals surface area contributed by atoms with Crippen molar-refractivity contribution in [3.05, 3.63) is 59.7 Å². The fourth-order valence-electron chi connectivity index (χ4n) is 4.00. The van der Waals surface area contributed by atoms with Crippen molar-refractivity contribution in [2.75, 3.05) is 26.8 Å². The van der Waals surface area contributed by atoms with Gasteiger partial charge in [0.1, 0.15) is 12.7 Å². The lowest BCUT2D eigenvalue weighted by atomic mass is 10.1. The van der Waals surface area contributed by atoms with Crippen molar-refractivity contribution >= 4 is 6.09 Å². The third-order valence-electron chi connectivity index (χ3n) is 5.69. The van der Waals surface area contributed by atoms with E-state index in [4.69, 9.17) is 18.9 Å². The van der Waals surface area contributed by atoms with Gasteiger partial charge in [0.2, 0.25) is 0 Å². The lowest BCUT2D eigenvalue weighted by molar-refractivity contribution is -0.0297. The first-order valence-electron chi connectivity index (χ1n) is 10.6. The molecule has 1 atom stereocenters. The highest BCUT2D eigenvalue weighted by molar-refractivity contribution is 5.67. The minimum atomic E-state index is -0.317. The van der Waals surface area contributed by atoms with Gasteiger partial charge >= 0.3 is 6.09 Å². The summed E-state index contributed by atoms with van der Waals surface area (Å²) in [4.78, 5) is 14.3. The van der Waals surface area contributed by atoms with Crippen molar-refractivity contribution in [1.82, 2.24) is 4.90 Å². The number of nitrogens with zero attached hydrogens (tertiary/aromatic N) is 1. The summed E-state index contributed by atoms with van der Waals surface area (Å²) < 4.78 is 23.1. The van der Waals surface area contributed by atoms with Crippen molar-refractivity contribution in [2.24, 2.45) is 0 Å². The molecule has 1 aliphatic heterocycles. The molecule has 4 rings (SSSR count). The summed E-state index contributed by atoms with van der Waals surface area (Å²) in [6, 6.07) is 15.6. The van der Waals surface area contributed by atoms with Crippen molar-refractivity contribution in [3.63, 3.8) is 0 Å². The molecule has 0 radical (unpaired) electrons. The zero-order valence-corrected chi connectivity index (χ0v) is 17.4. The molecular formula is C24H29NO5. The van der Waals surface area contributed by atoms with Crippen LogP contribution in [-0.4, -0.2) is 43.9 Å². The molecule has 0 spiro atoms. The molecule has 0 aromatic heterocycles. The van der Waals surface area contributed by atoms with E-state index in [1.807, 2.05) is 48.5 Å². The molecule has 30 heavy (non-hydrogen) atoms. The molecule has 1 saturated carbocycles. The van der Waals surface area contributed by atoms with Crippen LogP contribution in [0.3, 0.4) is 0 Å². The molecule has 2 aliphatic rings. The normalized spacial score (nSPS) is 19.5. The highest BCUT2D eigenvalue weighted by Gasteiger charge is 2.28. The van der Waals surface area contributed by atoms with Crippen molar-refractivity contribution in [3.8, 4) is 11.5 Å². The van der Waals surface area contributed by atoms with Gasteiger partial charge in [-0.05, 0) is 48.9 Å². The fraction of sp³-hybridized carbons (Fsp3) is 0.458. The van der Waals surface area contributed by atoms with Crippen LogP contribution < -0.4 is 9.47 Å². The molecule has 1 aliphatic carbocycles. The molecule has 1 amide bonds. The van der Waals surface area contributed by atoms with E-state index in [0.717, 1.165) is 35.5 Å². The average Bonchev–Trinajstić information content (AvgIpc) is 3.31. The van der Waals surface area contributed by atoms with Gasteiger partial charge in [0.25, 0.3) is 0 Å². The SMILES string of the molecule is COc1ccc(C2CN(C(=O)OCc3ccccc3)CCO2)cc1OC1CCCC1. The number of benzene rings is 2. The Morgan fingerprint density at radius 3 is 2.67 bits per heavy atom. The van der Waals surface area contributed by atoms with E-state index in [1.165, 1.54) is 12.8 Å². The first-order chi connectivity index (χ1) is 14.7. The van der Waals surface area contributed by atoms with Crippen LogP contribution in [0.25, 0.3) is 0 Å². The summed E-state index contributed by atoms with van der Waals surface area (Å²) in [5.41, 5.74) is 1.95. The molecular weight excluding hydrogens is 382 g/mol. The van der Waals surface area contributed by atoms with Crippen LogP contribution in [0, 0.1) is 0 Å². The Balaban J connectivity index is 1.40. The van der Waals surface area contributed by atoms with Crippen molar-refractivity contribution in [2.45, 2.75) is 44.5 Å². The standard InChI is InChI=1S/C24H29NO5/c1-27-21-12-11-19(15-22(21)30-20-9-5-6-10-20)23-16-25(13-14-28-23)24(26)29-17-18-7-3-2-4-8-18/h2-4,7-8,11-12,15,20,23H,5-6,9-10,13-14,16-17H2,1H3. The van der Waals surface area contributed by atoms with Gasteiger partial charge in [0.05, 0.1) is 26.4 Å². The summed E-state index contributed by atoms with van der Waals surface area (Å²) in [6.07, 6.45) is 4.27. The van der Waals surface area contributed by atoms with Crippen LogP contribution >= 0.6 is 0 Å². The second kappa shape index (κ2) is 9.85. The summed E-state index contributed by atoms with van der Waals surface area (Å²) >= 11 is 0. The first-order valence-corrected chi connectivity index (χ1v) is 10.6. The van der Waals surface area contributed by atoms with E-state index in [9.17, 15) is 4.79 Å². The Bertz CT molecular complexity index is 835. The summed E-state index contributed by atoms with van der Waals surface area (Å²) in [6.45, 7) is 1.70. The number of carbonyl (C=O) groups is 1. The Morgan fingerprint density at radius 2 is 1.90 bits per heavy atom. The van der Waals surface area contributed by atoms with Gasteiger partial charge in [-0.3, -0.25) is 0 Å². The predicted molar refractivity (Wildman–Crippen MR) is 113 cm³/mol. The second-order valence-corrected chi connectivity index (χ2v) is 7.78. The Hall–Kier alpha value is -2.73. The maximum Gasteiger partial charge on any atom is 0.410 e. The molecule has 0 N–H and O–H groups in total. The Labute approximate surface area is 177 Å². The summed E-state index contributed by atoms with van der Waals surface area (Å²) in [7, 11) is 1.65. The Kier molecular flexibility index (Phi) is 6.74. The van der Waals surface area contributed by atoms with Crippen LogP contribution in [0.1, 0.15) is 42.9 Å². The van der Waals surface area contributed by atoms with Crippen LogP contribution in [0.5, 0.6) is 11.5 Å². The van der Waals surface area contributed by atoms with E-state index in [0.29, 0.717) is 19.7 Å². The minimum absolute atomic E-state index is 0.222. The highest BCUT2D eigenvalue weighted by atomic mass is 16.6. The number of amides is 1. The van der Waals surface area contributed by atoms with E-state index < -0.39 is 0 Å². The summed E-state index contributed by atoms with van der Waals surface area (Å²) in [5, 5.41) is 0. The molecule has 6 nitrogen and oxygen atoms in total. The third-order valence-corrected chi connectivity index (χ3v) is 5.69. The maximum absolute atomic E-state index is 12.5. The van der Waals surface area contributed by atoms with Gasteiger partial charge < -0.3 is 23.8 Å². The number of hydrogen-bond donors (Lipinski definition) is 0. The zero-order valence-electron chi connectivity index (χ0n) is 17.4. The number of rotatable bonds is 6. The Morgan fingerprint density at radius 1 is 1.10 bits per heavy atom. The average molecular weight is 411 g/mol. The molecule has 160 valence electrons. The molecule has 2 aromatic carbocycles. The van der Waals surface area contributed by atoms with Gasteiger partial charge in [-0.2, -0.15) is 0 Å². The van der Waals surface area contributed by atoms with Crippen LogP contribution in [0.2, 0.25) is 0 Å².